The van der Waals surface area contributed by atoms with Crippen molar-refractivity contribution in [1.29, 1.82) is 0 Å². The summed E-state index contributed by atoms with van der Waals surface area (Å²) in [7, 11) is 0. The SMILES string of the molecule is c1coc(CNCCCOCc2ccco2)c1. The van der Waals surface area contributed by atoms with Crippen LogP contribution in [0.25, 0.3) is 0 Å². The van der Waals surface area contributed by atoms with Crippen molar-refractivity contribution in [1.82, 2.24) is 5.32 Å². The van der Waals surface area contributed by atoms with E-state index in [9.17, 15) is 0 Å². The number of hydrogen-bond acceptors (Lipinski definition) is 4. The van der Waals surface area contributed by atoms with Crippen molar-refractivity contribution in [3.63, 3.8) is 0 Å². The molecule has 0 unspecified atom stereocenters. The molecule has 0 aromatic carbocycles. The van der Waals surface area contributed by atoms with Gasteiger partial charge >= 0.3 is 0 Å². The quantitative estimate of drug-likeness (QED) is 0.714. The van der Waals surface area contributed by atoms with Gasteiger partial charge in [0.15, 0.2) is 0 Å². The van der Waals surface area contributed by atoms with Gasteiger partial charge in [0.1, 0.15) is 18.1 Å². The lowest BCUT2D eigenvalue weighted by atomic mass is 10.4. The number of furan rings is 2. The molecule has 2 heterocycles. The van der Waals surface area contributed by atoms with Crippen molar-refractivity contribution in [3.05, 3.63) is 48.3 Å². The van der Waals surface area contributed by atoms with E-state index in [-0.39, 0.29) is 0 Å². The van der Waals surface area contributed by atoms with Gasteiger partial charge < -0.3 is 18.9 Å². The first-order valence-corrected chi connectivity index (χ1v) is 5.78. The smallest absolute Gasteiger partial charge is 0.129 e. The number of nitrogens with one attached hydrogen (secondary N) is 1. The molecule has 0 fully saturated rings. The largest absolute Gasteiger partial charge is 0.468 e. The Labute approximate surface area is 101 Å². The molecular weight excluding hydrogens is 218 g/mol. The van der Waals surface area contributed by atoms with Crippen LogP contribution < -0.4 is 5.32 Å². The maximum atomic E-state index is 5.46. The minimum atomic E-state index is 0.547. The molecule has 0 aliphatic heterocycles. The number of rotatable bonds is 8. The molecule has 0 radical (unpaired) electrons. The molecule has 2 rings (SSSR count). The third kappa shape index (κ3) is 4.46. The minimum Gasteiger partial charge on any atom is -0.468 e. The van der Waals surface area contributed by atoms with Crippen molar-refractivity contribution in [2.45, 2.75) is 19.6 Å². The summed E-state index contributed by atoms with van der Waals surface area (Å²) in [5.41, 5.74) is 0. The maximum Gasteiger partial charge on any atom is 0.129 e. The molecule has 17 heavy (non-hydrogen) atoms. The molecule has 1 N–H and O–H groups in total. The number of ether oxygens (including phenoxy) is 1. The molecule has 0 bridgehead atoms. The monoisotopic (exact) mass is 235 g/mol. The van der Waals surface area contributed by atoms with Crippen LogP contribution in [0.5, 0.6) is 0 Å². The van der Waals surface area contributed by atoms with Crippen LogP contribution in [0.2, 0.25) is 0 Å². The van der Waals surface area contributed by atoms with Crippen LogP contribution >= 0.6 is 0 Å². The van der Waals surface area contributed by atoms with Crippen LogP contribution in [-0.2, 0) is 17.9 Å². The minimum absolute atomic E-state index is 0.547. The van der Waals surface area contributed by atoms with E-state index in [1.165, 1.54) is 0 Å². The van der Waals surface area contributed by atoms with Gasteiger partial charge in [0.2, 0.25) is 0 Å². The van der Waals surface area contributed by atoms with Crippen molar-refractivity contribution in [2.24, 2.45) is 0 Å². The Morgan fingerprint density at radius 1 is 1.06 bits per heavy atom. The highest BCUT2D eigenvalue weighted by molar-refractivity contribution is 4.97. The lowest BCUT2D eigenvalue weighted by Gasteiger charge is -2.03. The summed E-state index contributed by atoms with van der Waals surface area (Å²) < 4.78 is 15.8. The summed E-state index contributed by atoms with van der Waals surface area (Å²) in [5.74, 6) is 1.83. The molecule has 0 atom stereocenters. The fraction of sp³-hybridized carbons (Fsp3) is 0.385. The van der Waals surface area contributed by atoms with Gasteiger partial charge in [-0.15, -0.1) is 0 Å². The van der Waals surface area contributed by atoms with Crippen LogP contribution in [0.1, 0.15) is 17.9 Å². The summed E-state index contributed by atoms with van der Waals surface area (Å²) in [6.07, 6.45) is 4.31. The zero-order valence-electron chi connectivity index (χ0n) is 9.72. The van der Waals surface area contributed by atoms with E-state index in [0.717, 1.165) is 37.6 Å². The highest BCUT2D eigenvalue weighted by Gasteiger charge is 1.96. The Morgan fingerprint density at radius 3 is 2.53 bits per heavy atom. The third-order valence-corrected chi connectivity index (χ3v) is 2.35. The van der Waals surface area contributed by atoms with Gasteiger partial charge in [-0.1, -0.05) is 0 Å². The van der Waals surface area contributed by atoms with Gasteiger partial charge in [-0.3, -0.25) is 0 Å². The van der Waals surface area contributed by atoms with Crippen molar-refractivity contribution >= 4 is 0 Å². The van der Waals surface area contributed by atoms with Crippen LogP contribution in [0.4, 0.5) is 0 Å². The van der Waals surface area contributed by atoms with E-state index in [1.807, 2.05) is 24.3 Å². The molecule has 0 saturated carbocycles. The van der Waals surface area contributed by atoms with Crippen LogP contribution in [-0.4, -0.2) is 13.2 Å². The lowest BCUT2D eigenvalue weighted by molar-refractivity contribution is 0.104. The van der Waals surface area contributed by atoms with Gasteiger partial charge in [-0.2, -0.15) is 0 Å². The fourth-order valence-electron chi connectivity index (χ4n) is 1.49. The van der Waals surface area contributed by atoms with Crippen LogP contribution in [0.3, 0.4) is 0 Å². The summed E-state index contributed by atoms with van der Waals surface area (Å²) in [6.45, 7) is 2.96. The van der Waals surface area contributed by atoms with Crippen molar-refractivity contribution in [3.8, 4) is 0 Å². The number of hydrogen-bond donors (Lipinski definition) is 1. The predicted molar refractivity (Wildman–Crippen MR) is 63.4 cm³/mol. The molecule has 4 nitrogen and oxygen atoms in total. The van der Waals surface area contributed by atoms with E-state index in [2.05, 4.69) is 5.32 Å². The zero-order valence-corrected chi connectivity index (χ0v) is 9.72. The highest BCUT2D eigenvalue weighted by atomic mass is 16.5. The molecule has 4 heteroatoms. The highest BCUT2D eigenvalue weighted by Crippen LogP contribution is 2.02. The van der Waals surface area contributed by atoms with E-state index in [0.29, 0.717) is 6.61 Å². The Bertz CT molecular complexity index is 342. The average Bonchev–Trinajstić information content (AvgIpc) is 3.00. The van der Waals surface area contributed by atoms with E-state index >= 15 is 0 Å². The molecular formula is C13H17NO3. The summed E-state index contributed by atoms with van der Waals surface area (Å²) in [5, 5.41) is 3.28. The van der Waals surface area contributed by atoms with Gasteiger partial charge in [0.05, 0.1) is 19.1 Å². The van der Waals surface area contributed by atoms with Gasteiger partial charge in [0, 0.05) is 6.61 Å². The van der Waals surface area contributed by atoms with E-state index in [1.54, 1.807) is 12.5 Å². The van der Waals surface area contributed by atoms with Crippen molar-refractivity contribution in [2.75, 3.05) is 13.2 Å². The van der Waals surface area contributed by atoms with Gasteiger partial charge in [0.25, 0.3) is 0 Å². The van der Waals surface area contributed by atoms with Gasteiger partial charge in [-0.25, -0.2) is 0 Å². The topological polar surface area (TPSA) is 47.5 Å². The van der Waals surface area contributed by atoms with Crippen LogP contribution in [0, 0.1) is 0 Å². The zero-order chi connectivity index (χ0) is 11.8. The molecule has 0 saturated heterocycles. The van der Waals surface area contributed by atoms with E-state index < -0.39 is 0 Å². The first-order valence-electron chi connectivity index (χ1n) is 5.78. The summed E-state index contributed by atoms with van der Waals surface area (Å²) in [4.78, 5) is 0. The summed E-state index contributed by atoms with van der Waals surface area (Å²) in [6, 6.07) is 7.63. The van der Waals surface area contributed by atoms with Crippen molar-refractivity contribution < 1.29 is 13.6 Å². The van der Waals surface area contributed by atoms with Gasteiger partial charge in [-0.05, 0) is 37.2 Å². The Hall–Kier alpha value is -1.52. The normalized spacial score (nSPS) is 10.8. The Morgan fingerprint density at radius 2 is 1.82 bits per heavy atom. The second-order valence-electron chi connectivity index (χ2n) is 3.74. The third-order valence-electron chi connectivity index (χ3n) is 2.35. The second kappa shape index (κ2) is 6.93. The molecule has 0 aliphatic rings. The standard InChI is InChI=1S/C13H17NO3/c1-4-12(16-8-1)10-14-6-3-7-15-11-13-5-2-9-17-13/h1-2,4-5,8-9,14H,3,6-7,10-11H2. The Kier molecular flexibility index (Phi) is 4.87. The maximum absolute atomic E-state index is 5.46. The first kappa shape index (κ1) is 12.0. The molecule has 0 amide bonds. The first-order chi connectivity index (χ1) is 8.45. The predicted octanol–water partition coefficient (Wildman–Crippen LogP) is 2.57. The molecule has 2 aromatic heterocycles. The lowest BCUT2D eigenvalue weighted by Crippen LogP contribution is -2.15. The molecule has 0 aliphatic carbocycles. The average molecular weight is 235 g/mol. The molecule has 0 spiro atoms. The molecule has 92 valence electrons. The second-order valence-corrected chi connectivity index (χ2v) is 3.74. The Balaban J connectivity index is 1.44. The summed E-state index contributed by atoms with van der Waals surface area (Å²) >= 11 is 0. The van der Waals surface area contributed by atoms with E-state index in [4.69, 9.17) is 13.6 Å². The van der Waals surface area contributed by atoms with Crippen LogP contribution in [0.15, 0.2) is 45.6 Å². The fourth-order valence-corrected chi connectivity index (χ4v) is 1.49. The molecule has 2 aromatic rings.